The van der Waals surface area contributed by atoms with Crippen molar-refractivity contribution in [3.8, 4) is 6.07 Å². The van der Waals surface area contributed by atoms with Gasteiger partial charge >= 0.3 is 6.09 Å². The van der Waals surface area contributed by atoms with Crippen LogP contribution in [0.5, 0.6) is 0 Å². The molecule has 4 atom stereocenters. The average molecular weight is 517 g/mol. The van der Waals surface area contributed by atoms with Crippen molar-refractivity contribution in [3.63, 3.8) is 0 Å². The van der Waals surface area contributed by atoms with Crippen molar-refractivity contribution in [2.24, 2.45) is 17.3 Å². The highest BCUT2D eigenvalue weighted by molar-refractivity contribution is 5.95. The van der Waals surface area contributed by atoms with E-state index in [0.717, 1.165) is 11.1 Å². The van der Waals surface area contributed by atoms with Crippen LogP contribution in [0, 0.1) is 28.6 Å². The summed E-state index contributed by atoms with van der Waals surface area (Å²) >= 11 is 0. The summed E-state index contributed by atoms with van der Waals surface area (Å²) in [6.45, 7) is 6.09. The summed E-state index contributed by atoms with van der Waals surface area (Å²) in [4.78, 5) is 43.0. The van der Waals surface area contributed by atoms with E-state index >= 15 is 0 Å². The maximum absolute atomic E-state index is 14.0. The number of allylic oxidation sites excluding steroid dienone is 6. The van der Waals surface area contributed by atoms with Gasteiger partial charge in [-0.25, -0.2) is 4.79 Å². The zero-order valence-electron chi connectivity index (χ0n) is 22.3. The van der Waals surface area contributed by atoms with Crippen LogP contribution in [-0.2, 0) is 14.3 Å². The maximum atomic E-state index is 14.0. The van der Waals surface area contributed by atoms with Crippen LogP contribution in [0.1, 0.15) is 33.6 Å². The maximum Gasteiger partial charge on any atom is 0.410 e. The molecule has 0 aromatic rings. The topological polar surface area (TPSA) is 117 Å². The van der Waals surface area contributed by atoms with Gasteiger partial charge in [-0.3, -0.25) is 14.5 Å². The minimum absolute atomic E-state index is 0.0329. The van der Waals surface area contributed by atoms with Gasteiger partial charge in [-0.05, 0) is 41.6 Å². The zero-order valence-corrected chi connectivity index (χ0v) is 22.3. The zero-order chi connectivity index (χ0) is 27.4. The molecular formula is C29H34N5O4+. The van der Waals surface area contributed by atoms with Crippen molar-refractivity contribution in [2.75, 3.05) is 20.2 Å². The number of nitriles is 1. The highest BCUT2D eigenvalue weighted by Crippen LogP contribution is 2.47. The lowest BCUT2D eigenvalue weighted by molar-refractivity contribution is -0.137. The van der Waals surface area contributed by atoms with E-state index in [1.165, 1.54) is 16.8 Å². The predicted molar refractivity (Wildman–Crippen MR) is 145 cm³/mol. The lowest BCUT2D eigenvalue weighted by Crippen LogP contribution is -2.52. The third kappa shape index (κ3) is 5.27. The number of carbonyl (C=O) groups is 3. The van der Waals surface area contributed by atoms with E-state index in [1.54, 1.807) is 30.7 Å². The first-order valence-electron chi connectivity index (χ1n) is 12.9. The third-order valence-corrected chi connectivity index (χ3v) is 7.37. The second-order valence-electron chi connectivity index (χ2n) is 10.6. The molecule has 4 rings (SSSR count). The smallest absolute Gasteiger partial charge is 0.410 e. The molecule has 0 aromatic heterocycles. The number of carbonyl (C=O) groups excluding carboxylic acids is 3. The van der Waals surface area contributed by atoms with Crippen LogP contribution in [0.25, 0.3) is 0 Å². The number of amides is 3. The Morgan fingerprint density at radius 1 is 1.29 bits per heavy atom. The van der Waals surface area contributed by atoms with Crippen LogP contribution in [0.15, 0.2) is 59.4 Å². The van der Waals surface area contributed by atoms with E-state index < -0.39 is 23.6 Å². The van der Waals surface area contributed by atoms with Gasteiger partial charge in [-0.2, -0.15) is 5.26 Å². The van der Waals surface area contributed by atoms with E-state index in [9.17, 15) is 19.6 Å². The fourth-order valence-corrected chi connectivity index (χ4v) is 5.24. The van der Waals surface area contributed by atoms with Gasteiger partial charge in [-0.15, -0.1) is 4.67 Å². The number of ether oxygens (including phenoxy) is 1. The first kappa shape index (κ1) is 26.9. The van der Waals surface area contributed by atoms with Crippen LogP contribution in [0.2, 0.25) is 0 Å². The van der Waals surface area contributed by atoms with Crippen molar-refractivity contribution in [3.05, 3.63) is 59.4 Å². The summed E-state index contributed by atoms with van der Waals surface area (Å²) in [6, 6.07) is 0.592. The molecule has 9 nitrogen and oxygen atoms in total. The molecule has 0 saturated carbocycles. The standard InChI is InChI=1S/C29H33N5O4/c1-19(2)14-25(33(4)28(37)38-17-21-6-5-12-31-13-11-21)26(35)34-18-29(15-22(34)16-30)23-9-7-20(3)8-10-24(23)32-27(29)36/h5-13,19-20,22,25H,14-15,17-18H2,1-4H3/p+1/t20?,22-,25-,29-/m0/s1. The number of likely N-dealkylation sites (N-methyl/N-ethyl adjacent to an activating group) is 1. The molecule has 0 aromatic carbocycles. The molecule has 198 valence electrons. The molecule has 1 saturated heterocycles. The van der Waals surface area contributed by atoms with Gasteiger partial charge < -0.3 is 15.0 Å². The summed E-state index contributed by atoms with van der Waals surface area (Å²) in [7, 11) is 1.54. The van der Waals surface area contributed by atoms with Gasteiger partial charge in [0, 0.05) is 37.9 Å². The normalized spacial score (nSPS) is 26.2. The summed E-state index contributed by atoms with van der Waals surface area (Å²) < 4.78 is 9.52. The van der Waals surface area contributed by atoms with Crippen LogP contribution in [0.4, 0.5) is 4.79 Å². The van der Waals surface area contributed by atoms with Crippen LogP contribution < -0.4 is 9.98 Å². The van der Waals surface area contributed by atoms with Crippen molar-refractivity contribution < 1.29 is 19.1 Å². The van der Waals surface area contributed by atoms with Gasteiger partial charge in [0.15, 0.2) is 0 Å². The summed E-state index contributed by atoms with van der Waals surface area (Å²) in [5.41, 5.74) is 1.27. The molecule has 3 aliphatic heterocycles. The molecule has 0 radical (unpaired) electrons. The van der Waals surface area contributed by atoms with Crippen molar-refractivity contribution in [2.45, 2.75) is 45.7 Å². The second kappa shape index (κ2) is 11.1. The number of hydrogen-bond donors (Lipinski definition) is 1. The minimum atomic E-state index is -1.01. The molecule has 1 unspecified atom stereocenters. The Balaban J connectivity index is 1.55. The molecular weight excluding hydrogens is 482 g/mol. The largest absolute Gasteiger partial charge is 0.445 e. The van der Waals surface area contributed by atoms with E-state index in [0.29, 0.717) is 12.1 Å². The van der Waals surface area contributed by atoms with Gasteiger partial charge in [0.2, 0.25) is 11.8 Å². The molecule has 1 fully saturated rings. The Labute approximate surface area is 223 Å². The van der Waals surface area contributed by atoms with Gasteiger partial charge in [0.1, 0.15) is 18.7 Å². The van der Waals surface area contributed by atoms with Gasteiger partial charge in [-0.1, -0.05) is 39.0 Å². The molecule has 4 aliphatic rings. The molecule has 1 spiro atoms. The Morgan fingerprint density at radius 2 is 2.05 bits per heavy atom. The van der Waals surface area contributed by atoms with Crippen molar-refractivity contribution >= 4 is 30.3 Å². The molecule has 3 heterocycles. The Hall–Kier alpha value is -4.15. The van der Waals surface area contributed by atoms with Crippen LogP contribution in [0.3, 0.4) is 0 Å². The number of nitrogens with one attached hydrogen (secondary N) is 1. The molecule has 38 heavy (non-hydrogen) atoms. The van der Waals surface area contributed by atoms with E-state index in [1.807, 2.05) is 45.1 Å². The highest BCUT2D eigenvalue weighted by Gasteiger charge is 2.57. The Morgan fingerprint density at radius 3 is 2.79 bits per heavy atom. The first-order valence-corrected chi connectivity index (χ1v) is 12.9. The molecule has 1 N–H and O–H groups in total. The van der Waals surface area contributed by atoms with E-state index in [-0.39, 0.29) is 43.2 Å². The van der Waals surface area contributed by atoms with E-state index in [2.05, 4.69) is 16.1 Å². The van der Waals surface area contributed by atoms with Crippen molar-refractivity contribution in [1.29, 1.82) is 5.26 Å². The summed E-state index contributed by atoms with van der Waals surface area (Å²) in [6.07, 6.45) is 16.3. The van der Waals surface area contributed by atoms with Gasteiger partial charge in [0.05, 0.1) is 11.5 Å². The van der Waals surface area contributed by atoms with Gasteiger partial charge in [0.25, 0.3) is 12.4 Å². The summed E-state index contributed by atoms with van der Waals surface area (Å²) in [5.74, 6) is -0.276. The average Bonchev–Trinajstić information content (AvgIpc) is 3.15. The number of rotatable bonds is 6. The van der Waals surface area contributed by atoms with E-state index in [4.69, 9.17) is 4.74 Å². The highest BCUT2D eigenvalue weighted by atomic mass is 16.6. The number of nitrogens with zero attached hydrogens (tertiary/aromatic N) is 4. The minimum Gasteiger partial charge on any atom is -0.445 e. The Bertz CT molecular complexity index is 1270. The first-order chi connectivity index (χ1) is 18.2. The third-order valence-electron chi connectivity index (χ3n) is 7.37. The fourth-order valence-electron chi connectivity index (χ4n) is 5.24. The monoisotopic (exact) mass is 516 g/mol. The molecule has 3 amide bonds. The molecule has 1 aliphatic carbocycles. The van der Waals surface area contributed by atoms with Crippen LogP contribution >= 0.6 is 0 Å². The Kier molecular flexibility index (Phi) is 7.84. The lowest BCUT2D eigenvalue weighted by atomic mass is 9.78. The fraction of sp³-hybridized carbons (Fsp3) is 0.448. The number of fused-ring (bicyclic) bond motifs is 1. The number of likely N-dealkylation sites (tertiary alicyclic amines) is 1. The number of hydrogen-bond acceptors (Lipinski definition) is 5. The molecule has 0 bridgehead atoms. The quantitative estimate of drug-likeness (QED) is 0.544. The second-order valence-corrected chi connectivity index (χ2v) is 10.6. The molecule has 9 heteroatoms. The summed E-state index contributed by atoms with van der Waals surface area (Å²) in [5, 5.41) is 13.0. The SMILES string of the molecule is CC1C=CC2=C(C=C1)[C@@]1(C[C@@H](C#N)N(C(=O)[C@H](CC(C)C)N(C)C(=O)OCC3=CC=[N+]=CC=C3)C1)C(=O)N2. The van der Waals surface area contributed by atoms with Crippen LogP contribution in [-0.4, -0.2) is 72.4 Å². The van der Waals surface area contributed by atoms with Crippen molar-refractivity contribution in [1.82, 2.24) is 19.8 Å². The predicted octanol–water partition coefficient (Wildman–Crippen LogP) is 2.43. The lowest BCUT2D eigenvalue weighted by Gasteiger charge is -2.33.